The average Bonchev–Trinajstić information content (AvgIpc) is 2.92. The molecule has 3 aromatic carbocycles. The molecule has 0 atom stereocenters. The molecule has 3 aromatic rings. The van der Waals surface area contributed by atoms with Crippen LogP contribution in [0.3, 0.4) is 0 Å². The summed E-state index contributed by atoms with van der Waals surface area (Å²) in [5.41, 5.74) is 2.87. The summed E-state index contributed by atoms with van der Waals surface area (Å²) < 4.78 is 56.2. The van der Waals surface area contributed by atoms with Crippen molar-refractivity contribution < 1.29 is 22.6 Å². The summed E-state index contributed by atoms with van der Waals surface area (Å²) in [4.78, 5) is 0. The molecule has 37 heavy (non-hydrogen) atoms. The zero-order valence-electron chi connectivity index (χ0n) is 21.6. The molecule has 4 rings (SSSR count). The van der Waals surface area contributed by atoms with Crippen molar-refractivity contribution in [3.63, 3.8) is 0 Å². The third kappa shape index (κ3) is 6.71. The third-order valence-electron chi connectivity index (χ3n) is 6.93. The van der Waals surface area contributed by atoms with Crippen LogP contribution in [-0.2, 0) is 15.9 Å². The molecule has 1 fully saturated rings. The van der Waals surface area contributed by atoms with Crippen molar-refractivity contribution in [2.45, 2.75) is 58.7 Å². The van der Waals surface area contributed by atoms with Crippen LogP contribution in [0.2, 0.25) is 0 Å². The Morgan fingerprint density at radius 1 is 0.838 bits per heavy atom. The number of hydrogen-bond donors (Lipinski definition) is 0. The second kappa shape index (κ2) is 13.1. The lowest BCUT2D eigenvalue weighted by Crippen LogP contribution is -2.27. The minimum absolute atomic E-state index is 0.203. The van der Waals surface area contributed by atoms with Crippen molar-refractivity contribution in [3.8, 4) is 22.3 Å². The Labute approximate surface area is 218 Å². The third-order valence-corrected chi connectivity index (χ3v) is 6.93. The van der Waals surface area contributed by atoms with E-state index in [1.165, 1.54) is 6.07 Å². The molecular weight excluding hydrogens is 473 g/mol. The largest absolute Gasteiger partial charge is 0.348 e. The zero-order chi connectivity index (χ0) is 26.2. The van der Waals surface area contributed by atoms with Gasteiger partial charge in [-0.3, -0.25) is 0 Å². The molecule has 0 aliphatic carbocycles. The van der Waals surface area contributed by atoms with Gasteiger partial charge in [0.25, 0.3) is 0 Å². The number of allylic oxidation sites excluding steroid dienone is 2. The summed E-state index contributed by atoms with van der Waals surface area (Å²) in [5.74, 6) is -1.67. The first kappa shape index (κ1) is 27.2. The Bertz CT molecular complexity index is 1200. The lowest BCUT2D eigenvalue weighted by molar-refractivity contribution is -0.205. The predicted octanol–water partition coefficient (Wildman–Crippen LogP) is 9.19. The highest BCUT2D eigenvalue weighted by molar-refractivity contribution is 5.71. The predicted molar refractivity (Wildman–Crippen MR) is 143 cm³/mol. The molecule has 5 heteroatoms. The molecule has 0 spiro atoms. The van der Waals surface area contributed by atoms with Gasteiger partial charge in [-0.15, -0.1) is 0 Å². The van der Waals surface area contributed by atoms with Gasteiger partial charge in [0.2, 0.25) is 0 Å². The van der Waals surface area contributed by atoms with Gasteiger partial charge < -0.3 is 9.47 Å². The van der Waals surface area contributed by atoms with Gasteiger partial charge in [0, 0.05) is 22.6 Å². The van der Waals surface area contributed by atoms with Crippen LogP contribution in [0.5, 0.6) is 0 Å². The quantitative estimate of drug-likeness (QED) is 0.201. The number of aryl methyl sites for hydroxylation is 1. The van der Waals surface area contributed by atoms with Gasteiger partial charge in [0.1, 0.15) is 5.82 Å². The van der Waals surface area contributed by atoms with E-state index in [1.54, 1.807) is 42.5 Å². The number of hydrogen-bond acceptors (Lipinski definition) is 2. The Morgan fingerprint density at radius 3 is 2.16 bits per heavy atom. The van der Waals surface area contributed by atoms with E-state index in [2.05, 4.69) is 13.0 Å². The van der Waals surface area contributed by atoms with Crippen molar-refractivity contribution in [2.24, 2.45) is 5.92 Å². The minimum atomic E-state index is -0.839. The summed E-state index contributed by atoms with van der Waals surface area (Å²) in [7, 11) is 0. The van der Waals surface area contributed by atoms with E-state index in [0.29, 0.717) is 53.4 Å². The van der Waals surface area contributed by atoms with E-state index < -0.39 is 17.9 Å². The van der Waals surface area contributed by atoms with E-state index >= 15 is 4.39 Å². The Balaban J connectivity index is 1.43. The molecule has 0 unspecified atom stereocenters. The van der Waals surface area contributed by atoms with E-state index in [1.807, 2.05) is 19.1 Å². The first-order valence-electron chi connectivity index (χ1n) is 13.2. The Kier molecular flexibility index (Phi) is 9.59. The van der Waals surface area contributed by atoms with Crippen LogP contribution in [-0.4, -0.2) is 13.2 Å². The molecule has 1 heterocycles. The molecule has 0 bridgehead atoms. The molecule has 0 saturated carbocycles. The SMILES string of the molecule is CC=CCCC1COC(c2ccc(-c3ccc(-c4ccc(CCCCC)c(F)c4F)cc3)c(F)c2)OC1. The van der Waals surface area contributed by atoms with Crippen LogP contribution in [0, 0.1) is 23.4 Å². The second-order valence-electron chi connectivity index (χ2n) is 9.68. The molecule has 0 radical (unpaired) electrons. The van der Waals surface area contributed by atoms with E-state index in [4.69, 9.17) is 9.47 Å². The maximum absolute atomic E-state index is 15.1. The van der Waals surface area contributed by atoms with E-state index in [9.17, 15) is 8.78 Å². The Hall–Kier alpha value is -2.89. The molecule has 1 aliphatic heterocycles. The average molecular weight is 509 g/mol. The number of unbranched alkanes of at least 4 members (excludes halogenated alkanes) is 2. The van der Waals surface area contributed by atoms with Crippen molar-refractivity contribution in [3.05, 3.63) is 95.3 Å². The van der Waals surface area contributed by atoms with Crippen LogP contribution >= 0.6 is 0 Å². The number of halogens is 3. The molecule has 0 N–H and O–H groups in total. The fraction of sp³-hybridized carbons (Fsp3) is 0.375. The summed E-state index contributed by atoms with van der Waals surface area (Å²) in [5, 5.41) is 0. The van der Waals surface area contributed by atoms with Gasteiger partial charge in [-0.2, -0.15) is 0 Å². The van der Waals surface area contributed by atoms with Crippen molar-refractivity contribution in [1.82, 2.24) is 0 Å². The van der Waals surface area contributed by atoms with Crippen LogP contribution in [0.4, 0.5) is 13.2 Å². The van der Waals surface area contributed by atoms with Gasteiger partial charge in [-0.1, -0.05) is 80.4 Å². The highest BCUT2D eigenvalue weighted by Crippen LogP contribution is 2.33. The van der Waals surface area contributed by atoms with Gasteiger partial charge in [-0.05, 0) is 55.4 Å². The molecular formula is C32H35F3O2. The van der Waals surface area contributed by atoms with Gasteiger partial charge >= 0.3 is 0 Å². The lowest BCUT2D eigenvalue weighted by atomic mass is 9.97. The molecule has 0 aromatic heterocycles. The topological polar surface area (TPSA) is 18.5 Å². The van der Waals surface area contributed by atoms with Crippen LogP contribution in [0.15, 0.2) is 66.7 Å². The van der Waals surface area contributed by atoms with Crippen molar-refractivity contribution in [2.75, 3.05) is 13.2 Å². The van der Waals surface area contributed by atoms with E-state index in [0.717, 1.165) is 32.1 Å². The summed E-state index contributed by atoms with van der Waals surface area (Å²) in [6.07, 6.45) is 8.96. The first-order valence-corrected chi connectivity index (χ1v) is 13.2. The highest BCUT2D eigenvalue weighted by Gasteiger charge is 2.24. The second-order valence-corrected chi connectivity index (χ2v) is 9.68. The van der Waals surface area contributed by atoms with E-state index in [-0.39, 0.29) is 11.4 Å². The standard InChI is InChI=1S/C32H35F3O2/c1-3-5-7-9-22-20-36-32(37-21-22)26-16-17-27(29(33)19-26)23-11-13-24(14-12-23)28-18-15-25(10-8-6-4-2)30(34)31(28)35/h3,5,11-19,22,32H,4,6-10,20-21H2,1-2H3. The van der Waals surface area contributed by atoms with Gasteiger partial charge in [-0.25, -0.2) is 13.2 Å². The van der Waals surface area contributed by atoms with Crippen LogP contribution in [0.1, 0.15) is 63.4 Å². The number of rotatable bonds is 10. The fourth-order valence-electron chi connectivity index (χ4n) is 4.71. The zero-order valence-corrected chi connectivity index (χ0v) is 21.6. The Morgan fingerprint density at radius 2 is 1.51 bits per heavy atom. The fourth-order valence-corrected chi connectivity index (χ4v) is 4.71. The lowest BCUT2D eigenvalue weighted by Gasteiger charge is -2.29. The normalized spacial score (nSPS) is 18.0. The molecule has 1 saturated heterocycles. The maximum Gasteiger partial charge on any atom is 0.183 e. The maximum atomic E-state index is 15.1. The minimum Gasteiger partial charge on any atom is -0.348 e. The van der Waals surface area contributed by atoms with Gasteiger partial charge in [0.05, 0.1) is 13.2 Å². The molecule has 2 nitrogen and oxygen atoms in total. The van der Waals surface area contributed by atoms with Crippen LogP contribution in [0.25, 0.3) is 22.3 Å². The number of benzene rings is 3. The van der Waals surface area contributed by atoms with Crippen LogP contribution < -0.4 is 0 Å². The monoisotopic (exact) mass is 508 g/mol. The molecule has 196 valence electrons. The summed E-state index contributed by atoms with van der Waals surface area (Å²) in [6, 6.07) is 15.1. The number of ether oxygens (including phenoxy) is 2. The highest BCUT2D eigenvalue weighted by atomic mass is 19.2. The summed E-state index contributed by atoms with van der Waals surface area (Å²) in [6.45, 7) is 5.25. The van der Waals surface area contributed by atoms with Crippen molar-refractivity contribution >= 4 is 0 Å². The smallest absolute Gasteiger partial charge is 0.183 e. The molecule has 0 amide bonds. The van der Waals surface area contributed by atoms with Crippen molar-refractivity contribution in [1.29, 1.82) is 0 Å². The molecule has 1 aliphatic rings. The first-order chi connectivity index (χ1) is 18.0. The summed E-state index contributed by atoms with van der Waals surface area (Å²) >= 11 is 0. The van der Waals surface area contributed by atoms with Gasteiger partial charge in [0.15, 0.2) is 17.9 Å².